The Balaban J connectivity index is 2.64. The number of ether oxygens (including phenoxy) is 1. The number of esters is 1. The van der Waals surface area contributed by atoms with Gasteiger partial charge < -0.3 is 9.15 Å². The van der Waals surface area contributed by atoms with Gasteiger partial charge in [-0.05, 0) is 33.4 Å². The summed E-state index contributed by atoms with van der Waals surface area (Å²) in [5.41, 5.74) is 1.11. The van der Waals surface area contributed by atoms with Crippen molar-refractivity contribution < 1.29 is 13.9 Å². The average Bonchev–Trinajstić information content (AvgIpc) is 2.66. The van der Waals surface area contributed by atoms with Crippen LogP contribution in [-0.2, 0) is 16.1 Å². The molecule has 1 aromatic heterocycles. The van der Waals surface area contributed by atoms with Crippen LogP contribution in [-0.4, -0.2) is 30.6 Å². The number of furan rings is 1. The molecule has 17 heavy (non-hydrogen) atoms. The molecule has 4 heteroatoms. The number of carbonyl (C=O) groups is 1. The van der Waals surface area contributed by atoms with Crippen molar-refractivity contribution in [3.63, 3.8) is 0 Å². The van der Waals surface area contributed by atoms with Gasteiger partial charge in [-0.1, -0.05) is 6.92 Å². The minimum atomic E-state index is -0.191. The summed E-state index contributed by atoms with van der Waals surface area (Å²) in [6.07, 6.45) is 2.41. The van der Waals surface area contributed by atoms with Crippen LogP contribution in [0.3, 0.4) is 0 Å². The molecule has 1 heterocycles. The van der Waals surface area contributed by atoms with Crippen molar-refractivity contribution in [3.05, 3.63) is 23.7 Å². The lowest BCUT2D eigenvalue weighted by atomic mass is 10.1. The van der Waals surface area contributed by atoms with Gasteiger partial charge in [-0.2, -0.15) is 0 Å². The van der Waals surface area contributed by atoms with E-state index < -0.39 is 0 Å². The van der Waals surface area contributed by atoms with E-state index in [0.29, 0.717) is 13.2 Å². The lowest BCUT2D eigenvalue weighted by molar-refractivity contribution is -0.149. The molecule has 0 saturated carbocycles. The van der Waals surface area contributed by atoms with Crippen LogP contribution >= 0.6 is 0 Å². The predicted molar refractivity (Wildman–Crippen MR) is 65.6 cm³/mol. The number of likely N-dealkylation sites (N-methyl/N-ethyl adjacent to an activating group) is 1. The van der Waals surface area contributed by atoms with Crippen LogP contribution in [0.2, 0.25) is 0 Å². The number of nitrogens with zero attached hydrogens (tertiary/aromatic N) is 1. The number of hydrogen-bond donors (Lipinski definition) is 0. The minimum Gasteiger partial charge on any atom is -0.469 e. The summed E-state index contributed by atoms with van der Waals surface area (Å²) in [6, 6.07) is 1.74. The van der Waals surface area contributed by atoms with Gasteiger partial charge in [0.1, 0.15) is 11.8 Å². The smallest absolute Gasteiger partial charge is 0.323 e. The molecule has 4 nitrogen and oxygen atoms in total. The first-order valence-electron chi connectivity index (χ1n) is 6.00. The molecule has 0 spiro atoms. The molecule has 0 bridgehead atoms. The summed E-state index contributed by atoms with van der Waals surface area (Å²) in [7, 11) is 1.93. The van der Waals surface area contributed by atoms with Crippen LogP contribution in [0.15, 0.2) is 16.7 Å². The minimum absolute atomic E-state index is 0.154. The Kier molecular flexibility index (Phi) is 5.22. The van der Waals surface area contributed by atoms with Gasteiger partial charge in [0, 0.05) is 12.1 Å². The van der Waals surface area contributed by atoms with Gasteiger partial charge in [-0.3, -0.25) is 9.69 Å². The highest BCUT2D eigenvalue weighted by Gasteiger charge is 2.23. The molecule has 0 saturated heterocycles. The van der Waals surface area contributed by atoms with E-state index in [-0.39, 0.29) is 12.0 Å². The van der Waals surface area contributed by atoms with Gasteiger partial charge in [-0.25, -0.2) is 0 Å². The quantitative estimate of drug-likeness (QED) is 0.715. The fourth-order valence-corrected chi connectivity index (χ4v) is 1.85. The summed E-state index contributed by atoms with van der Waals surface area (Å²) in [5.74, 6) is 0.745. The Hall–Kier alpha value is -1.29. The first kappa shape index (κ1) is 13.8. The maximum Gasteiger partial charge on any atom is 0.323 e. The molecule has 0 N–H and O–H groups in total. The Morgan fingerprint density at radius 2 is 2.24 bits per heavy atom. The largest absolute Gasteiger partial charge is 0.469 e. The number of rotatable bonds is 6. The summed E-state index contributed by atoms with van der Waals surface area (Å²) in [4.78, 5) is 13.7. The molecule has 1 atom stereocenters. The third-order valence-corrected chi connectivity index (χ3v) is 2.86. The highest BCUT2D eigenvalue weighted by atomic mass is 16.5. The van der Waals surface area contributed by atoms with E-state index in [9.17, 15) is 4.79 Å². The zero-order valence-electron chi connectivity index (χ0n) is 11.0. The molecule has 1 aromatic rings. The summed E-state index contributed by atoms with van der Waals surface area (Å²) >= 11 is 0. The monoisotopic (exact) mass is 239 g/mol. The van der Waals surface area contributed by atoms with Crippen LogP contribution in [0.5, 0.6) is 0 Å². The Labute approximate surface area is 103 Å². The van der Waals surface area contributed by atoms with Crippen molar-refractivity contribution in [1.82, 2.24) is 4.90 Å². The number of hydrogen-bond acceptors (Lipinski definition) is 4. The number of carbonyl (C=O) groups excluding carboxylic acids is 1. The second-order valence-electron chi connectivity index (χ2n) is 4.09. The zero-order chi connectivity index (χ0) is 12.8. The fourth-order valence-electron chi connectivity index (χ4n) is 1.85. The molecule has 1 rings (SSSR count). The molecule has 0 fully saturated rings. The molecule has 0 aromatic carbocycles. The van der Waals surface area contributed by atoms with E-state index in [4.69, 9.17) is 9.15 Å². The number of aryl methyl sites for hydroxylation is 1. The Bertz CT molecular complexity index is 359. The topological polar surface area (TPSA) is 42.7 Å². The zero-order valence-corrected chi connectivity index (χ0v) is 11.0. The second-order valence-corrected chi connectivity index (χ2v) is 4.09. The van der Waals surface area contributed by atoms with Gasteiger partial charge in [0.25, 0.3) is 0 Å². The lowest BCUT2D eigenvalue weighted by Crippen LogP contribution is -2.38. The van der Waals surface area contributed by atoms with Crippen LogP contribution in [0.1, 0.15) is 31.6 Å². The van der Waals surface area contributed by atoms with E-state index in [2.05, 4.69) is 0 Å². The first-order valence-corrected chi connectivity index (χ1v) is 6.00. The normalized spacial score (nSPS) is 12.8. The van der Waals surface area contributed by atoms with Gasteiger partial charge in [0.2, 0.25) is 0 Å². The van der Waals surface area contributed by atoms with Gasteiger partial charge >= 0.3 is 5.97 Å². The standard InChI is InChI=1S/C13H21NO3/c1-5-12(13(15)16-6-2)14(4)9-11-7-8-17-10(11)3/h7-8,12H,5-6,9H2,1-4H3. The van der Waals surface area contributed by atoms with Crippen LogP contribution in [0.25, 0.3) is 0 Å². The third kappa shape index (κ3) is 3.60. The maximum atomic E-state index is 11.7. The third-order valence-electron chi connectivity index (χ3n) is 2.86. The molecule has 0 radical (unpaired) electrons. The SMILES string of the molecule is CCOC(=O)C(CC)N(C)Cc1ccoc1C. The molecular formula is C13H21NO3. The predicted octanol–water partition coefficient (Wildman–Crippen LogP) is 2.36. The van der Waals surface area contributed by atoms with Crippen molar-refractivity contribution in [1.29, 1.82) is 0 Å². The van der Waals surface area contributed by atoms with Crippen LogP contribution < -0.4 is 0 Å². The van der Waals surface area contributed by atoms with E-state index in [1.165, 1.54) is 0 Å². The van der Waals surface area contributed by atoms with Crippen LogP contribution in [0, 0.1) is 6.92 Å². The van der Waals surface area contributed by atoms with Crippen molar-refractivity contribution >= 4 is 5.97 Å². The maximum absolute atomic E-state index is 11.7. The van der Waals surface area contributed by atoms with E-state index in [1.54, 1.807) is 6.26 Å². The molecule has 1 unspecified atom stereocenters. The summed E-state index contributed by atoms with van der Waals surface area (Å²) in [6.45, 7) is 6.85. The van der Waals surface area contributed by atoms with Gasteiger partial charge in [-0.15, -0.1) is 0 Å². The van der Waals surface area contributed by atoms with Crippen molar-refractivity contribution in [2.75, 3.05) is 13.7 Å². The molecular weight excluding hydrogens is 218 g/mol. The second kappa shape index (κ2) is 6.45. The fraction of sp³-hybridized carbons (Fsp3) is 0.615. The highest BCUT2D eigenvalue weighted by Crippen LogP contribution is 2.14. The average molecular weight is 239 g/mol. The molecule has 0 amide bonds. The van der Waals surface area contributed by atoms with E-state index in [0.717, 1.165) is 17.7 Å². The Morgan fingerprint density at radius 3 is 2.71 bits per heavy atom. The molecule has 0 aliphatic rings. The van der Waals surface area contributed by atoms with Gasteiger partial charge in [0.15, 0.2) is 0 Å². The Morgan fingerprint density at radius 1 is 1.53 bits per heavy atom. The summed E-state index contributed by atoms with van der Waals surface area (Å²) < 4.78 is 10.3. The van der Waals surface area contributed by atoms with Gasteiger partial charge in [0.05, 0.1) is 12.9 Å². The molecule has 0 aliphatic carbocycles. The van der Waals surface area contributed by atoms with Crippen molar-refractivity contribution in [2.24, 2.45) is 0 Å². The highest BCUT2D eigenvalue weighted by molar-refractivity contribution is 5.75. The van der Waals surface area contributed by atoms with Crippen molar-refractivity contribution in [3.8, 4) is 0 Å². The molecule has 96 valence electrons. The van der Waals surface area contributed by atoms with E-state index in [1.807, 2.05) is 38.8 Å². The summed E-state index contributed by atoms with van der Waals surface area (Å²) in [5, 5.41) is 0. The van der Waals surface area contributed by atoms with Crippen LogP contribution in [0.4, 0.5) is 0 Å². The van der Waals surface area contributed by atoms with Crippen molar-refractivity contribution in [2.45, 2.75) is 39.8 Å². The first-order chi connectivity index (χ1) is 8.10. The lowest BCUT2D eigenvalue weighted by Gasteiger charge is -2.24. The van der Waals surface area contributed by atoms with E-state index >= 15 is 0 Å². The molecule has 0 aliphatic heterocycles.